The van der Waals surface area contributed by atoms with E-state index >= 15 is 0 Å². The number of benzene rings is 1. The molecule has 0 saturated carbocycles. The molecule has 0 bridgehead atoms. The number of Topliss-reactive ketones (excluding diaryl/α,β-unsaturated/α-hetero) is 1. The van der Waals surface area contributed by atoms with Gasteiger partial charge < -0.3 is 15.2 Å². The second-order valence-electron chi connectivity index (χ2n) is 3.93. The molecule has 0 spiro atoms. The van der Waals surface area contributed by atoms with E-state index in [1.165, 1.54) is 0 Å². The Kier molecular flexibility index (Phi) is 2.83. The van der Waals surface area contributed by atoms with Crippen molar-refractivity contribution in [1.29, 1.82) is 0 Å². The number of carbonyl (C=O) groups excluding carboxylic acids is 1. The van der Waals surface area contributed by atoms with Gasteiger partial charge >= 0.3 is 0 Å². The van der Waals surface area contributed by atoms with Crippen LogP contribution in [0.15, 0.2) is 12.1 Å². The third-order valence-electron chi connectivity index (χ3n) is 2.69. The summed E-state index contributed by atoms with van der Waals surface area (Å²) < 4.78 is 10.9. The zero-order valence-electron chi connectivity index (χ0n) is 9.45. The van der Waals surface area contributed by atoms with Crippen molar-refractivity contribution >= 4 is 5.78 Å². The Labute approximate surface area is 94.3 Å². The Balaban J connectivity index is 2.47. The van der Waals surface area contributed by atoms with Gasteiger partial charge in [-0.25, -0.2) is 0 Å². The molecule has 1 heterocycles. The molecule has 0 saturated heterocycles. The monoisotopic (exact) mass is 221 g/mol. The predicted molar refractivity (Wildman–Crippen MR) is 60.2 cm³/mol. The molecule has 0 aromatic heterocycles. The van der Waals surface area contributed by atoms with Crippen LogP contribution in [0, 0.1) is 0 Å². The molecule has 1 aromatic carbocycles. The van der Waals surface area contributed by atoms with Gasteiger partial charge in [0.2, 0.25) is 0 Å². The molecule has 1 aromatic rings. The third-order valence-corrected chi connectivity index (χ3v) is 2.69. The molecule has 1 unspecified atom stereocenters. The van der Waals surface area contributed by atoms with Crippen LogP contribution in [0.3, 0.4) is 0 Å². The highest BCUT2D eigenvalue weighted by molar-refractivity contribution is 5.98. The minimum Gasteiger partial charge on any atom is -0.493 e. The lowest BCUT2D eigenvalue weighted by molar-refractivity contribution is 0.100. The summed E-state index contributed by atoms with van der Waals surface area (Å²) in [4.78, 5) is 11.5. The number of ketones is 1. The van der Waals surface area contributed by atoms with Crippen molar-refractivity contribution in [2.75, 3.05) is 13.7 Å². The lowest BCUT2D eigenvalue weighted by Gasteiger charge is -2.09. The first-order valence-electron chi connectivity index (χ1n) is 5.26. The van der Waals surface area contributed by atoms with E-state index in [-0.39, 0.29) is 18.4 Å². The van der Waals surface area contributed by atoms with Gasteiger partial charge in [0.15, 0.2) is 17.3 Å². The van der Waals surface area contributed by atoms with E-state index in [2.05, 4.69) is 0 Å². The van der Waals surface area contributed by atoms with E-state index < -0.39 is 0 Å². The number of ether oxygens (including phenoxy) is 2. The van der Waals surface area contributed by atoms with Crippen LogP contribution in [0.4, 0.5) is 0 Å². The maximum absolute atomic E-state index is 11.5. The maximum Gasteiger partial charge on any atom is 0.176 e. The molecule has 4 nitrogen and oxygen atoms in total. The van der Waals surface area contributed by atoms with Gasteiger partial charge in [0.1, 0.15) is 6.10 Å². The molecule has 0 fully saturated rings. The number of hydrogen-bond acceptors (Lipinski definition) is 4. The molecule has 1 aliphatic rings. The number of fused-ring (bicyclic) bond motifs is 1. The number of methoxy groups -OCH3 is 1. The zero-order chi connectivity index (χ0) is 11.7. The van der Waals surface area contributed by atoms with Crippen LogP contribution in [-0.4, -0.2) is 25.5 Å². The molecular weight excluding hydrogens is 206 g/mol. The summed E-state index contributed by atoms with van der Waals surface area (Å²) in [5.74, 6) is 1.28. The van der Waals surface area contributed by atoms with E-state index in [0.29, 0.717) is 11.3 Å². The minimum absolute atomic E-state index is 0.0123. The summed E-state index contributed by atoms with van der Waals surface area (Å²) in [5.41, 5.74) is 6.96. The molecule has 16 heavy (non-hydrogen) atoms. The van der Waals surface area contributed by atoms with Crippen molar-refractivity contribution < 1.29 is 14.3 Å². The van der Waals surface area contributed by atoms with E-state index in [1.807, 2.05) is 13.0 Å². The Morgan fingerprint density at radius 2 is 2.38 bits per heavy atom. The summed E-state index contributed by atoms with van der Waals surface area (Å²) in [6, 6.07) is 3.53. The molecule has 1 atom stereocenters. The van der Waals surface area contributed by atoms with Crippen LogP contribution < -0.4 is 15.2 Å². The smallest absolute Gasteiger partial charge is 0.176 e. The molecule has 0 radical (unpaired) electrons. The van der Waals surface area contributed by atoms with Crippen molar-refractivity contribution in [3.8, 4) is 11.5 Å². The number of hydrogen-bond donors (Lipinski definition) is 1. The molecule has 2 N–H and O–H groups in total. The summed E-state index contributed by atoms with van der Waals surface area (Å²) in [6.45, 7) is 2.00. The van der Waals surface area contributed by atoms with Gasteiger partial charge in [-0.05, 0) is 19.1 Å². The van der Waals surface area contributed by atoms with Crippen LogP contribution in [0.5, 0.6) is 11.5 Å². The SMILES string of the molecule is COc1cc(C(=O)CN)cc2c1OC(C)C2. The standard InChI is InChI=1S/C12H15NO3/c1-7-3-9-4-8(10(14)6-13)5-11(15-2)12(9)16-7/h4-5,7H,3,6,13H2,1-2H3. The lowest BCUT2D eigenvalue weighted by atomic mass is 10.0. The highest BCUT2D eigenvalue weighted by Gasteiger charge is 2.24. The molecule has 2 rings (SSSR count). The van der Waals surface area contributed by atoms with Crippen LogP contribution in [0.2, 0.25) is 0 Å². The van der Waals surface area contributed by atoms with Crippen LogP contribution >= 0.6 is 0 Å². The van der Waals surface area contributed by atoms with Gasteiger partial charge in [0, 0.05) is 17.5 Å². The Morgan fingerprint density at radius 3 is 3.00 bits per heavy atom. The molecule has 0 aliphatic carbocycles. The molecular formula is C12H15NO3. The van der Waals surface area contributed by atoms with Crippen molar-refractivity contribution in [1.82, 2.24) is 0 Å². The minimum atomic E-state index is -0.0827. The fourth-order valence-electron chi connectivity index (χ4n) is 1.93. The number of rotatable bonds is 3. The number of nitrogens with two attached hydrogens (primary N) is 1. The topological polar surface area (TPSA) is 61.5 Å². The normalized spacial score (nSPS) is 17.8. The highest BCUT2D eigenvalue weighted by Crippen LogP contribution is 2.38. The van der Waals surface area contributed by atoms with Gasteiger partial charge in [-0.15, -0.1) is 0 Å². The predicted octanol–water partition coefficient (Wildman–Crippen LogP) is 1.16. The fraction of sp³-hybridized carbons (Fsp3) is 0.417. The van der Waals surface area contributed by atoms with Gasteiger partial charge in [-0.3, -0.25) is 4.79 Å². The molecule has 0 amide bonds. The van der Waals surface area contributed by atoms with Crippen molar-refractivity contribution in [3.63, 3.8) is 0 Å². The maximum atomic E-state index is 11.5. The average molecular weight is 221 g/mol. The van der Waals surface area contributed by atoms with Gasteiger partial charge in [0.25, 0.3) is 0 Å². The van der Waals surface area contributed by atoms with E-state index in [0.717, 1.165) is 17.7 Å². The average Bonchev–Trinajstić information content (AvgIpc) is 2.66. The highest BCUT2D eigenvalue weighted by atomic mass is 16.5. The summed E-state index contributed by atoms with van der Waals surface area (Å²) in [6.07, 6.45) is 0.935. The Hall–Kier alpha value is -1.55. The van der Waals surface area contributed by atoms with Gasteiger partial charge in [-0.2, -0.15) is 0 Å². The van der Waals surface area contributed by atoms with E-state index in [4.69, 9.17) is 15.2 Å². The van der Waals surface area contributed by atoms with Crippen LogP contribution in [0.1, 0.15) is 22.8 Å². The second kappa shape index (κ2) is 4.14. The van der Waals surface area contributed by atoms with Crippen LogP contribution in [0.25, 0.3) is 0 Å². The summed E-state index contributed by atoms with van der Waals surface area (Å²) in [5, 5.41) is 0. The fourth-order valence-corrected chi connectivity index (χ4v) is 1.93. The van der Waals surface area contributed by atoms with Crippen molar-refractivity contribution in [2.24, 2.45) is 5.73 Å². The van der Waals surface area contributed by atoms with Crippen molar-refractivity contribution in [3.05, 3.63) is 23.3 Å². The molecule has 1 aliphatic heterocycles. The number of carbonyl (C=O) groups is 1. The quantitative estimate of drug-likeness (QED) is 0.778. The summed E-state index contributed by atoms with van der Waals surface area (Å²) in [7, 11) is 1.57. The zero-order valence-corrected chi connectivity index (χ0v) is 9.45. The Morgan fingerprint density at radius 1 is 1.62 bits per heavy atom. The van der Waals surface area contributed by atoms with Gasteiger partial charge in [-0.1, -0.05) is 0 Å². The molecule has 4 heteroatoms. The van der Waals surface area contributed by atoms with E-state index in [9.17, 15) is 4.79 Å². The first kappa shape index (κ1) is 11.0. The van der Waals surface area contributed by atoms with Crippen molar-refractivity contribution in [2.45, 2.75) is 19.4 Å². The largest absolute Gasteiger partial charge is 0.493 e. The first-order valence-corrected chi connectivity index (χ1v) is 5.26. The Bertz CT molecular complexity index is 429. The summed E-state index contributed by atoms with van der Waals surface area (Å²) >= 11 is 0. The van der Waals surface area contributed by atoms with Crippen LogP contribution in [-0.2, 0) is 6.42 Å². The van der Waals surface area contributed by atoms with Gasteiger partial charge in [0.05, 0.1) is 13.7 Å². The third kappa shape index (κ3) is 1.76. The molecule has 86 valence electrons. The van der Waals surface area contributed by atoms with E-state index in [1.54, 1.807) is 13.2 Å². The lowest BCUT2D eigenvalue weighted by Crippen LogP contribution is -2.13. The first-order chi connectivity index (χ1) is 7.65. The second-order valence-corrected chi connectivity index (χ2v) is 3.93.